The Morgan fingerprint density at radius 3 is 2.26 bits per heavy atom. The Balaban J connectivity index is 1.44. The first-order chi connectivity index (χ1) is 20.4. The van der Waals surface area contributed by atoms with Gasteiger partial charge in [0.05, 0.1) is 28.5 Å². The number of aromatic nitrogens is 2. The summed E-state index contributed by atoms with van der Waals surface area (Å²) < 4.78 is 1.84. The van der Waals surface area contributed by atoms with Crippen LogP contribution in [0.15, 0.2) is 113 Å². The first kappa shape index (κ1) is 28.0. The minimum atomic E-state index is -0.135. The molecular weight excluding hydrogens is 583 g/mol. The third-order valence-electron chi connectivity index (χ3n) is 6.94. The third kappa shape index (κ3) is 5.79. The monoisotopic (exact) mass is 608 g/mol. The van der Waals surface area contributed by atoms with E-state index in [1.807, 2.05) is 122 Å². The number of amidine groups is 1. The van der Waals surface area contributed by atoms with Crippen LogP contribution in [-0.2, 0) is 11.3 Å². The maximum Gasteiger partial charge on any atom is 0.271 e. The summed E-state index contributed by atoms with van der Waals surface area (Å²) in [5.41, 5.74) is 7.17. The van der Waals surface area contributed by atoms with Crippen LogP contribution >= 0.6 is 35.0 Å². The van der Waals surface area contributed by atoms with E-state index in [0.29, 0.717) is 26.7 Å². The second kappa shape index (κ2) is 12.0. The third-order valence-corrected chi connectivity index (χ3v) is 8.49. The number of hydrogen-bond donors (Lipinski definition) is 0. The lowest BCUT2D eigenvalue weighted by Crippen LogP contribution is -2.28. The van der Waals surface area contributed by atoms with Crippen molar-refractivity contribution in [2.45, 2.75) is 20.4 Å². The maximum atomic E-state index is 14.0. The Kier molecular flexibility index (Phi) is 8.02. The molecule has 0 radical (unpaired) electrons. The van der Waals surface area contributed by atoms with Crippen molar-refractivity contribution in [2.75, 3.05) is 4.90 Å². The van der Waals surface area contributed by atoms with Gasteiger partial charge < -0.3 is 0 Å². The van der Waals surface area contributed by atoms with Crippen molar-refractivity contribution in [1.82, 2.24) is 9.78 Å². The number of nitrogens with zero attached hydrogens (tertiary/aromatic N) is 4. The SMILES string of the molecule is Cc1cccc(C)c1N=C1SC(=Cc2cn(Cc3ccc(Cl)cc3Cl)nc2-c2ccccc2)C(=O)N1c1ccccc1. The average Bonchev–Trinajstić information content (AvgIpc) is 3.53. The van der Waals surface area contributed by atoms with E-state index in [9.17, 15) is 4.79 Å². The number of benzene rings is 4. The predicted molar refractivity (Wildman–Crippen MR) is 176 cm³/mol. The molecule has 1 aliphatic rings. The normalized spacial score (nSPS) is 15.2. The predicted octanol–water partition coefficient (Wildman–Crippen LogP) is 9.33. The molecule has 5 aromatic rings. The summed E-state index contributed by atoms with van der Waals surface area (Å²) in [5.74, 6) is -0.135. The van der Waals surface area contributed by atoms with Gasteiger partial charge in [-0.25, -0.2) is 4.99 Å². The fourth-order valence-corrected chi connectivity index (χ4v) is 6.29. The number of aryl methyl sites for hydroxylation is 2. The molecule has 6 rings (SSSR count). The molecule has 0 unspecified atom stereocenters. The van der Waals surface area contributed by atoms with Crippen LogP contribution < -0.4 is 4.90 Å². The molecule has 1 aliphatic heterocycles. The van der Waals surface area contributed by atoms with Crippen LogP contribution in [0.4, 0.5) is 11.4 Å². The Morgan fingerprint density at radius 1 is 0.881 bits per heavy atom. The topological polar surface area (TPSA) is 50.5 Å². The van der Waals surface area contributed by atoms with E-state index in [1.54, 1.807) is 11.0 Å². The van der Waals surface area contributed by atoms with E-state index < -0.39 is 0 Å². The van der Waals surface area contributed by atoms with Crippen molar-refractivity contribution in [2.24, 2.45) is 4.99 Å². The zero-order chi connectivity index (χ0) is 29.2. The molecule has 0 N–H and O–H groups in total. The molecular formula is C34H26Cl2N4OS. The average molecular weight is 610 g/mol. The fourth-order valence-electron chi connectivity index (χ4n) is 4.84. The standard InChI is InChI=1S/C34H26Cl2N4OS/c1-22-10-9-11-23(2)31(22)37-34-40(28-14-7-4-8-15-28)33(41)30(42-34)18-26-21-39(20-25-16-17-27(35)19-29(25)36)38-32(26)24-12-5-3-6-13-24/h3-19,21H,20H2,1-2H3. The number of anilines is 1. The highest BCUT2D eigenvalue weighted by molar-refractivity contribution is 8.19. The van der Waals surface area contributed by atoms with Crippen molar-refractivity contribution < 1.29 is 4.79 Å². The van der Waals surface area contributed by atoms with E-state index in [-0.39, 0.29) is 5.91 Å². The van der Waals surface area contributed by atoms with Crippen LogP contribution in [0.5, 0.6) is 0 Å². The van der Waals surface area contributed by atoms with Crippen LogP contribution in [0.25, 0.3) is 17.3 Å². The number of aliphatic imine (C=N–C) groups is 1. The highest BCUT2D eigenvalue weighted by atomic mass is 35.5. The van der Waals surface area contributed by atoms with Gasteiger partial charge in [0.15, 0.2) is 5.17 Å². The molecule has 2 heterocycles. The quantitative estimate of drug-likeness (QED) is 0.180. The van der Waals surface area contributed by atoms with Gasteiger partial charge in [0.25, 0.3) is 5.91 Å². The Labute approximate surface area is 259 Å². The van der Waals surface area contributed by atoms with E-state index in [1.165, 1.54) is 11.8 Å². The minimum Gasteiger partial charge on any atom is -0.268 e. The molecule has 0 aliphatic carbocycles. The largest absolute Gasteiger partial charge is 0.271 e. The van der Waals surface area contributed by atoms with Gasteiger partial charge in [0.1, 0.15) is 0 Å². The highest BCUT2D eigenvalue weighted by Gasteiger charge is 2.35. The summed E-state index contributed by atoms with van der Waals surface area (Å²) in [7, 11) is 0. The Morgan fingerprint density at radius 2 is 1.57 bits per heavy atom. The number of hydrogen-bond acceptors (Lipinski definition) is 4. The first-order valence-electron chi connectivity index (χ1n) is 13.4. The molecule has 4 aromatic carbocycles. The fraction of sp³-hybridized carbons (Fsp3) is 0.0882. The molecule has 1 aromatic heterocycles. The van der Waals surface area contributed by atoms with Gasteiger partial charge in [-0.15, -0.1) is 0 Å². The lowest BCUT2D eigenvalue weighted by molar-refractivity contribution is -0.113. The number of thioether (sulfide) groups is 1. The molecule has 1 saturated heterocycles. The van der Waals surface area contributed by atoms with Crippen LogP contribution in [0.3, 0.4) is 0 Å². The van der Waals surface area contributed by atoms with Crippen LogP contribution in [-0.4, -0.2) is 20.9 Å². The summed E-state index contributed by atoms with van der Waals surface area (Å²) in [6.45, 7) is 4.52. The van der Waals surface area contributed by atoms with Gasteiger partial charge in [0.2, 0.25) is 0 Å². The van der Waals surface area contributed by atoms with E-state index in [2.05, 4.69) is 0 Å². The minimum absolute atomic E-state index is 0.135. The van der Waals surface area contributed by atoms with Crippen LogP contribution in [0.1, 0.15) is 22.3 Å². The van der Waals surface area contributed by atoms with E-state index >= 15 is 0 Å². The summed E-state index contributed by atoms with van der Waals surface area (Å²) in [4.78, 5) is 21.3. The lowest BCUT2D eigenvalue weighted by atomic mass is 10.1. The number of carbonyl (C=O) groups excluding carboxylic acids is 1. The molecule has 208 valence electrons. The van der Waals surface area contributed by atoms with E-state index in [4.69, 9.17) is 33.3 Å². The number of rotatable bonds is 6. The zero-order valence-electron chi connectivity index (χ0n) is 23.0. The van der Waals surface area contributed by atoms with Crippen molar-refractivity contribution >= 4 is 63.5 Å². The zero-order valence-corrected chi connectivity index (χ0v) is 25.3. The van der Waals surface area contributed by atoms with Crippen LogP contribution in [0.2, 0.25) is 10.0 Å². The molecule has 8 heteroatoms. The summed E-state index contributed by atoms with van der Waals surface area (Å²) in [5, 5.41) is 6.67. The van der Waals surface area contributed by atoms with Gasteiger partial charge in [-0.3, -0.25) is 14.4 Å². The van der Waals surface area contributed by atoms with E-state index in [0.717, 1.165) is 44.9 Å². The summed E-state index contributed by atoms with van der Waals surface area (Å²) in [6.07, 6.45) is 3.85. The molecule has 0 atom stereocenters. The molecule has 0 saturated carbocycles. The van der Waals surface area contributed by atoms with Gasteiger partial charge in [-0.2, -0.15) is 5.10 Å². The van der Waals surface area contributed by atoms with Crippen LogP contribution in [0, 0.1) is 13.8 Å². The molecule has 1 amide bonds. The Bertz CT molecular complexity index is 1830. The molecule has 0 spiro atoms. The van der Waals surface area contributed by atoms with Gasteiger partial charge in [-0.1, -0.05) is 96.0 Å². The molecule has 1 fully saturated rings. The number of para-hydroxylation sites is 2. The van der Waals surface area contributed by atoms with Crippen molar-refractivity contribution in [3.63, 3.8) is 0 Å². The molecule has 42 heavy (non-hydrogen) atoms. The lowest BCUT2D eigenvalue weighted by Gasteiger charge is -2.16. The molecule has 5 nitrogen and oxygen atoms in total. The molecule has 0 bridgehead atoms. The van der Waals surface area contributed by atoms with Gasteiger partial charge in [-0.05, 0) is 72.6 Å². The Hall–Kier alpha value is -4.10. The maximum absolute atomic E-state index is 14.0. The van der Waals surface area contributed by atoms with Crippen molar-refractivity contribution in [3.05, 3.63) is 140 Å². The van der Waals surface area contributed by atoms with Gasteiger partial charge >= 0.3 is 0 Å². The second-order valence-corrected chi connectivity index (χ2v) is 11.8. The number of carbonyl (C=O) groups is 1. The number of halogens is 2. The van der Waals surface area contributed by atoms with Gasteiger partial charge in [0, 0.05) is 27.4 Å². The first-order valence-corrected chi connectivity index (χ1v) is 15.0. The number of amides is 1. The summed E-state index contributed by atoms with van der Waals surface area (Å²) >= 11 is 14.0. The van der Waals surface area contributed by atoms with Crippen molar-refractivity contribution in [3.8, 4) is 11.3 Å². The second-order valence-electron chi connectivity index (χ2n) is 9.95. The summed E-state index contributed by atoms with van der Waals surface area (Å²) in [6, 6.07) is 31.1. The smallest absolute Gasteiger partial charge is 0.268 e. The highest BCUT2D eigenvalue weighted by Crippen LogP contribution is 2.39. The van der Waals surface area contributed by atoms with Crippen molar-refractivity contribution in [1.29, 1.82) is 0 Å².